The van der Waals surface area contributed by atoms with Gasteiger partial charge in [-0.1, -0.05) is 19.1 Å². The molecular weight excluding hydrogens is 270 g/mol. The van der Waals surface area contributed by atoms with Crippen LogP contribution in [0.4, 0.5) is 0 Å². The number of hydrogen-bond acceptors (Lipinski definition) is 4. The molecule has 20 heavy (non-hydrogen) atoms. The Labute approximate surface area is 126 Å². The Morgan fingerprint density at radius 3 is 2.60 bits per heavy atom. The van der Waals surface area contributed by atoms with Crippen LogP contribution in [0.15, 0.2) is 12.4 Å². The normalized spacial score (nSPS) is 19.1. The van der Waals surface area contributed by atoms with Crippen molar-refractivity contribution in [3.05, 3.63) is 18.0 Å². The number of nitrogens with zero attached hydrogens (tertiary/aromatic N) is 4. The van der Waals surface area contributed by atoms with Crippen LogP contribution in [-0.4, -0.2) is 63.3 Å². The first-order valence-corrected chi connectivity index (χ1v) is 7.74. The molecule has 2 rings (SSSR count). The van der Waals surface area contributed by atoms with Gasteiger partial charge in [0.15, 0.2) is 0 Å². The summed E-state index contributed by atoms with van der Waals surface area (Å²) in [5.74, 6) is 0. The largest absolute Gasteiger partial charge is 0.392 e. The minimum Gasteiger partial charge on any atom is -0.392 e. The van der Waals surface area contributed by atoms with Crippen LogP contribution in [0, 0.1) is 0 Å². The summed E-state index contributed by atoms with van der Waals surface area (Å²) in [6.45, 7) is 7.56. The first kappa shape index (κ1) is 15.4. The molecule has 0 amide bonds. The van der Waals surface area contributed by atoms with Crippen molar-refractivity contribution < 1.29 is 0 Å². The summed E-state index contributed by atoms with van der Waals surface area (Å²) in [5, 5.41) is 4.21. The van der Waals surface area contributed by atoms with Gasteiger partial charge in [0, 0.05) is 46.0 Å². The number of aryl methyl sites for hydroxylation is 1. The maximum Gasteiger partial charge on any atom is 0.0901 e. The van der Waals surface area contributed by atoms with Crippen LogP contribution in [0.1, 0.15) is 18.9 Å². The van der Waals surface area contributed by atoms with E-state index in [0.717, 1.165) is 45.6 Å². The smallest absolute Gasteiger partial charge is 0.0901 e. The Bertz CT molecular complexity index is 437. The van der Waals surface area contributed by atoms with Crippen LogP contribution >= 0.6 is 12.2 Å². The highest BCUT2D eigenvalue weighted by atomic mass is 32.1. The fraction of sp³-hybridized carbons (Fsp3) is 0.714. The van der Waals surface area contributed by atoms with Crippen LogP contribution in [0.3, 0.4) is 0 Å². The number of aromatic nitrogens is 2. The zero-order valence-electron chi connectivity index (χ0n) is 12.5. The predicted octanol–water partition coefficient (Wildman–Crippen LogP) is 0.645. The van der Waals surface area contributed by atoms with Crippen molar-refractivity contribution in [2.75, 3.05) is 32.7 Å². The molecule has 0 spiro atoms. The van der Waals surface area contributed by atoms with E-state index in [9.17, 15) is 0 Å². The molecule has 0 saturated carbocycles. The van der Waals surface area contributed by atoms with E-state index in [1.54, 1.807) is 0 Å². The van der Waals surface area contributed by atoms with Crippen molar-refractivity contribution in [3.8, 4) is 0 Å². The molecule has 1 aliphatic heterocycles. The van der Waals surface area contributed by atoms with Crippen molar-refractivity contribution in [1.82, 2.24) is 19.6 Å². The fourth-order valence-corrected chi connectivity index (χ4v) is 3.14. The SMILES string of the molecule is CCC(C(N)=S)N1CCN(CCc2cnn(C)c2)CC1. The monoisotopic (exact) mass is 295 g/mol. The van der Waals surface area contributed by atoms with E-state index >= 15 is 0 Å². The summed E-state index contributed by atoms with van der Waals surface area (Å²) in [6.07, 6.45) is 6.12. The van der Waals surface area contributed by atoms with Crippen LogP contribution in [0.2, 0.25) is 0 Å². The summed E-state index contributed by atoms with van der Waals surface area (Å²) in [5.41, 5.74) is 7.13. The molecule has 1 fully saturated rings. The highest BCUT2D eigenvalue weighted by Gasteiger charge is 2.24. The Morgan fingerprint density at radius 2 is 2.10 bits per heavy atom. The van der Waals surface area contributed by atoms with E-state index in [2.05, 4.69) is 28.0 Å². The highest BCUT2D eigenvalue weighted by molar-refractivity contribution is 7.80. The van der Waals surface area contributed by atoms with Crippen LogP contribution in [0.5, 0.6) is 0 Å². The molecule has 112 valence electrons. The number of nitrogens with two attached hydrogens (primary N) is 1. The molecule has 0 radical (unpaired) electrons. The summed E-state index contributed by atoms with van der Waals surface area (Å²) in [4.78, 5) is 5.56. The molecule has 1 atom stereocenters. The summed E-state index contributed by atoms with van der Waals surface area (Å²) >= 11 is 5.16. The summed E-state index contributed by atoms with van der Waals surface area (Å²) in [7, 11) is 1.96. The van der Waals surface area contributed by atoms with Crippen molar-refractivity contribution in [1.29, 1.82) is 0 Å². The second kappa shape index (κ2) is 7.15. The molecule has 2 N–H and O–H groups in total. The molecule has 1 aromatic heterocycles. The van der Waals surface area contributed by atoms with Gasteiger partial charge in [-0.2, -0.15) is 5.10 Å². The van der Waals surface area contributed by atoms with Gasteiger partial charge in [0.1, 0.15) is 0 Å². The van der Waals surface area contributed by atoms with E-state index in [1.807, 2.05) is 17.9 Å². The Balaban J connectivity index is 1.75. The molecule has 2 heterocycles. The third-order valence-electron chi connectivity index (χ3n) is 4.04. The lowest BCUT2D eigenvalue weighted by Crippen LogP contribution is -2.53. The maximum atomic E-state index is 5.82. The maximum absolute atomic E-state index is 5.82. The minimum atomic E-state index is 0.269. The van der Waals surface area contributed by atoms with E-state index in [1.165, 1.54) is 5.56 Å². The number of thiocarbonyl (C=S) groups is 1. The van der Waals surface area contributed by atoms with Gasteiger partial charge >= 0.3 is 0 Å². The van der Waals surface area contributed by atoms with Crippen molar-refractivity contribution in [3.63, 3.8) is 0 Å². The van der Waals surface area contributed by atoms with E-state index in [0.29, 0.717) is 4.99 Å². The molecular formula is C14H25N5S. The van der Waals surface area contributed by atoms with Crippen LogP contribution < -0.4 is 5.73 Å². The molecule has 1 saturated heterocycles. The van der Waals surface area contributed by atoms with Gasteiger partial charge < -0.3 is 10.6 Å². The molecule has 1 aromatic rings. The Morgan fingerprint density at radius 1 is 1.40 bits per heavy atom. The van der Waals surface area contributed by atoms with E-state index in [-0.39, 0.29) is 6.04 Å². The van der Waals surface area contributed by atoms with Gasteiger partial charge in [0.2, 0.25) is 0 Å². The van der Waals surface area contributed by atoms with Crippen LogP contribution in [0.25, 0.3) is 0 Å². The molecule has 0 aromatic carbocycles. The third kappa shape index (κ3) is 4.01. The summed E-state index contributed by atoms with van der Waals surface area (Å²) < 4.78 is 1.86. The van der Waals surface area contributed by atoms with Gasteiger partial charge in [-0.05, 0) is 18.4 Å². The lowest BCUT2D eigenvalue weighted by atomic mass is 10.1. The first-order valence-electron chi connectivity index (χ1n) is 7.33. The lowest BCUT2D eigenvalue weighted by molar-refractivity contribution is 0.117. The number of hydrogen-bond donors (Lipinski definition) is 1. The predicted molar refractivity (Wildman–Crippen MR) is 85.8 cm³/mol. The highest BCUT2D eigenvalue weighted by Crippen LogP contribution is 2.10. The lowest BCUT2D eigenvalue weighted by Gasteiger charge is -2.38. The quantitative estimate of drug-likeness (QED) is 0.781. The second-order valence-corrected chi connectivity index (χ2v) is 5.95. The van der Waals surface area contributed by atoms with Crippen molar-refractivity contribution in [2.24, 2.45) is 12.8 Å². The average Bonchev–Trinajstić information content (AvgIpc) is 2.84. The van der Waals surface area contributed by atoms with Gasteiger partial charge in [0.05, 0.1) is 17.2 Å². The minimum absolute atomic E-state index is 0.269. The summed E-state index contributed by atoms with van der Waals surface area (Å²) in [6, 6.07) is 0.269. The van der Waals surface area contributed by atoms with E-state index in [4.69, 9.17) is 18.0 Å². The Hall–Kier alpha value is -0.980. The van der Waals surface area contributed by atoms with E-state index < -0.39 is 0 Å². The molecule has 1 unspecified atom stereocenters. The van der Waals surface area contributed by atoms with Gasteiger partial charge in [-0.15, -0.1) is 0 Å². The van der Waals surface area contributed by atoms with Crippen LogP contribution in [-0.2, 0) is 13.5 Å². The zero-order valence-corrected chi connectivity index (χ0v) is 13.3. The number of piperazine rings is 1. The topological polar surface area (TPSA) is 50.3 Å². The molecule has 0 bridgehead atoms. The molecule has 0 aliphatic carbocycles. The van der Waals surface area contributed by atoms with Crippen molar-refractivity contribution in [2.45, 2.75) is 25.8 Å². The molecule has 6 heteroatoms. The average molecular weight is 295 g/mol. The molecule has 1 aliphatic rings. The first-order chi connectivity index (χ1) is 9.60. The second-order valence-electron chi connectivity index (χ2n) is 5.48. The van der Waals surface area contributed by atoms with Gasteiger partial charge in [-0.3, -0.25) is 9.58 Å². The third-order valence-corrected chi connectivity index (χ3v) is 4.31. The van der Waals surface area contributed by atoms with Crippen molar-refractivity contribution >= 4 is 17.2 Å². The Kier molecular flexibility index (Phi) is 5.51. The fourth-order valence-electron chi connectivity index (χ4n) is 2.83. The standard InChI is InChI=1S/C14H25N5S/c1-3-13(14(15)20)19-8-6-18(7-9-19)5-4-12-10-16-17(2)11-12/h10-11,13H,3-9H2,1-2H3,(H2,15,20). The van der Waals surface area contributed by atoms with Gasteiger partial charge in [-0.25, -0.2) is 0 Å². The zero-order chi connectivity index (χ0) is 14.5. The molecule has 5 nitrogen and oxygen atoms in total. The van der Waals surface area contributed by atoms with Gasteiger partial charge in [0.25, 0.3) is 0 Å². The number of rotatable bonds is 6.